The van der Waals surface area contributed by atoms with Crippen LogP contribution < -0.4 is 13.6 Å². The van der Waals surface area contributed by atoms with Crippen molar-refractivity contribution in [1.82, 2.24) is 0 Å². The molecule has 0 aromatic heterocycles. The average molecular weight is 515 g/mol. The molecule has 0 saturated heterocycles. The van der Waals surface area contributed by atoms with Crippen molar-refractivity contribution in [2.75, 3.05) is 0 Å². The highest BCUT2D eigenvalue weighted by Gasteiger charge is 2.35. The van der Waals surface area contributed by atoms with Crippen molar-refractivity contribution in [3.63, 3.8) is 0 Å². The summed E-state index contributed by atoms with van der Waals surface area (Å²) in [6.45, 7) is 4.29. The Morgan fingerprint density at radius 2 is 0.973 bits per heavy atom. The molecule has 0 fully saturated rings. The second kappa shape index (κ2) is 13.2. The Kier molecular flexibility index (Phi) is 9.46. The lowest BCUT2D eigenvalue weighted by molar-refractivity contribution is 0.296. The van der Waals surface area contributed by atoms with E-state index in [-0.39, 0.29) is 0 Å². The molecule has 0 aliphatic rings. The van der Waals surface area contributed by atoms with Gasteiger partial charge >= 0.3 is 7.82 Å². The summed E-state index contributed by atoms with van der Waals surface area (Å²) in [5.74, 6) is 1.47. The highest BCUT2D eigenvalue weighted by Crippen LogP contribution is 2.52. The van der Waals surface area contributed by atoms with E-state index >= 15 is 0 Å². The third-order valence-electron chi connectivity index (χ3n) is 6.15. The highest BCUT2D eigenvalue weighted by molar-refractivity contribution is 7.49. The van der Waals surface area contributed by atoms with E-state index < -0.39 is 7.82 Å². The Morgan fingerprint density at radius 3 is 1.51 bits per heavy atom. The Hall–Kier alpha value is -3.49. The molecule has 0 unspecified atom stereocenters. The smallest absolute Gasteiger partial charge is 0.386 e. The fourth-order valence-corrected chi connectivity index (χ4v) is 5.50. The van der Waals surface area contributed by atoms with Crippen LogP contribution in [0.25, 0.3) is 11.1 Å². The Bertz CT molecular complexity index is 1260. The van der Waals surface area contributed by atoms with E-state index in [4.69, 9.17) is 13.6 Å². The van der Waals surface area contributed by atoms with Gasteiger partial charge in [0.2, 0.25) is 0 Å². The van der Waals surface area contributed by atoms with Crippen LogP contribution in [0.3, 0.4) is 0 Å². The van der Waals surface area contributed by atoms with Gasteiger partial charge in [-0.2, -0.15) is 4.57 Å². The average Bonchev–Trinajstić information content (AvgIpc) is 2.93. The van der Waals surface area contributed by atoms with Crippen LogP contribution in [0.2, 0.25) is 0 Å². The number of rotatable bonds is 13. The van der Waals surface area contributed by atoms with Crippen LogP contribution in [-0.2, 0) is 17.4 Å². The zero-order valence-electron chi connectivity index (χ0n) is 21.6. The maximum absolute atomic E-state index is 14.5. The zero-order valence-corrected chi connectivity index (χ0v) is 22.5. The van der Waals surface area contributed by atoms with E-state index in [1.165, 1.54) is 0 Å². The molecule has 4 rings (SSSR count). The van der Waals surface area contributed by atoms with Gasteiger partial charge in [-0.3, -0.25) is 0 Å². The summed E-state index contributed by atoms with van der Waals surface area (Å²) < 4.78 is 33.1. The summed E-state index contributed by atoms with van der Waals surface area (Å²) in [6.07, 6.45) is 5.75. The van der Waals surface area contributed by atoms with Crippen LogP contribution in [0.4, 0.5) is 0 Å². The monoisotopic (exact) mass is 514 g/mol. The molecule has 192 valence electrons. The quantitative estimate of drug-likeness (QED) is 0.167. The molecule has 4 aromatic rings. The van der Waals surface area contributed by atoms with Crippen molar-refractivity contribution >= 4 is 7.82 Å². The normalized spacial score (nSPS) is 11.2. The summed E-state index contributed by atoms with van der Waals surface area (Å²) in [5, 5.41) is 0. The maximum atomic E-state index is 14.5. The van der Waals surface area contributed by atoms with Gasteiger partial charge in [0.05, 0.1) is 0 Å². The van der Waals surface area contributed by atoms with Crippen LogP contribution in [0.5, 0.6) is 17.2 Å². The SMILES string of the molecule is CCCCc1ccccc1OP(=O)(Oc1ccccc1CCCC)Oc1ccccc1-c1ccccc1. The van der Waals surface area contributed by atoms with Crippen LogP contribution in [0, 0.1) is 0 Å². The molecule has 0 atom stereocenters. The molecule has 0 saturated carbocycles. The summed E-state index contributed by atoms with van der Waals surface area (Å²) in [7, 11) is -4.15. The lowest BCUT2D eigenvalue weighted by atomic mass is 10.1. The first-order valence-electron chi connectivity index (χ1n) is 13.1. The number of phosphoric ester groups is 1. The van der Waals surface area contributed by atoms with E-state index in [9.17, 15) is 4.57 Å². The predicted octanol–water partition coefficient (Wildman–Crippen LogP) is 9.68. The molecular weight excluding hydrogens is 479 g/mol. The first kappa shape index (κ1) is 26.6. The third kappa shape index (κ3) is 7.27. The number of unbranched alkanes of at least 4 members (excludes halogenated alkanes) is 2. The molecule has 37 heavy (non-hydrogen) atoms. The Balaban J connectivity index is 1.74. The standard InChI is InChI=1S/C32H35O4P/c1-3-5-16-27-20-10-13-23-30(27)34-37(33,35-31-24-14-11-21-28(31)17-6-4-2)36-32-25-15-12-22-29(32)26-18-8-7-9-19-26/h7-15,18-25H,3-6,16-17H2,1-2H3. The molecule has 0 spiro atoms. The summed E-state index contributed by atoms with van der Waals surface area (Å²) in [4.78, 5) is 0. The van der Waals surface area contributed by atoms with Gasteiger partial charge in [-0.15, -0.1) is 0 Å². The number of aryl methyl sites for hydroxylation is 2. The maximum Gasteiger partial charge on any atom is 0.647 e. The predicted molar refractivity (Wildman–Crippen MR) is 151 cm³/mol. The Labute approximate surface area is 220 Å². The molecule has 0 radical (unpaired) electrons. The summed E-state index contributed by atoms with van der Waals surface area (Å²) in [6, 6.07) is 32.8. The second-order valence-electron chi connectivity index (χ2n) is 9.01. The van der Waals surface area contributed by atoms with Crippen molar-refractivity contribution in [1.29, 1.82) is 0 Å². The highest BCUT2D eigenvalue weighted by atomic mass is 31.2. The topological polar surface area (TPSA) is 44.8 Å². The fraction of sp³-hybridized carbons (Fsp3) is 0.250. The van der Waals surface area contributed by atoms with Crippen molar-refractivity contribution in [2.45, 2.75) is 52.4 Å². The minimum absolute atomic E-state index is 0.439. The number of hydrogen-bond donors (Lipinski definition) is 0. The molecule has 4 nitrogen and oxygen atoms in total. The molecule has 0 bridgehead atoms. The van der Waals surface area contributed by atoms with Crippen LogP contribution >= 0.6 is 7.82 Å². The van der Waals surface area contributed by atoms with Gasteiger partial charge in [-0.05, 0) is 60.6 Å². The zero-order chi connectivity index (χ0) is 25.9. The van der Waals surface area contributed by atoms with E-state index in [0.717, 1.165) is 60.8 Å². The fourth-order valence-electron chi connectivity index (χ4n) is 4.15. The van der Waals surface area contributed by atoms with Gasteiger partial charge in [0, 0.05) is 5.56 Å². The van der Waals surface area contributed by atoms with Gasteiger partial charge in [0.15, 0.2) is 0 Å². The van der Waals surface area contributed by atoms with Gasteiger partial charge in [-0.1, -0.05) is 112 Å². The van der Waals surface area contributed by atoms with Crippen molar-refractivity contribution in [3.8, 4) is 28.4 Å². The number of hydrogen-bond acceptors (Lipinski definition) is 4. The van der Waals surface area contributed by atoms with Gasteiger partial charge in [0.1, 0.15) is 17.2 Å². The summed E-state index contributed by atoms with van der Waals surface area (Å²) in [5.41, 5.74) is 3.73. The van der Waals surface area contributed by atoms with E-state index in [2.05, 4.69) is 13.8 Å². The van der Waals surface area contributed by atoms with Gasteiger partial charge in [-0.25, -0.2) is 0 Å². The third-order valence-corrected chi connectivity index (χ3v) is 7.41. The van der Waals surface area contributed by atoms with Crippen LogP contribution in [0.1, 0.15) is 50.7 Å². The molecule has 4 aromatic carbocycles. The number of benzene rings is 4. The molecular formula is C32H35O4P. The van der Waals surface area contributed by atoms with Gasteiger partial charge < -0.3 is 13.6 Å². The molecule has 0 aliphatic carbocycles. The minimum atomic E-state index is -4.15. The van der Waals surface area contributed by atoms with E-state index in [1.807, 2.05) is 97.1 Å². The van der Waals surface area contributed by atoms with E-state index in [0.29, 0.717) is 17.2 Å². The lowest BCUT2D eigenvalue weighted by Gasteiger charge is -2.23. The summed E-state index contributed by atoms with van der Waals surface area (Å²) >= 11 is 0. The van der Waals surface area contributed by atoms with Crippen molar-refractivity contribution in [2.24, 2.45) is 0 Å². The number of phosphoric acid groups is 1. The first-order valence-corrected chi connectivity index (χ1v) is 14.6. The molecule has 0 heterocycles. The second-order valence-corrected chi connectivity index (χ2v) is 10.4. The van der Waals surface area contributed by atoms with Crippen molar-refractivity contribution < 1.29 is 18.1 Å². The Morgan fingerprint density at radius 1 is 0.541 bits per heavy atom. The van der Waals surface area contributed by atoms with Gasteiger partial charge in [0.25, 0.3) is 0 Å². The molecule has 0 amide bonds. The minimum Gasteiger partial charge on any atom is -0.386 e. The molecule has 0 aliphatic heterocycles. The number of para-hydroxylation sites is 3. The largest absolute Gasteiger partial charge is 0.647 e. The first-order chi connectivity index (χ1) is 18.1. The molecule has 5 heteroatoms. The lowest BCUT2D eigenvalue weighted by Crippen LogP contribution is -2.10. The van der Waals surface area contributed by atoms with Crippen LogP contribution in [-0.4, -0.2) is 0 Å². The van der Waals surface area contributed by atoms with E-state index in [1.54, 1.807) is 6.07 Å². The van der Waals surface area contributed by atoms with Crippen LogP contribution in [0.15, 0.2) is 103 Å². The van der Waals surface area contributed by atoms with Crippen molar-refractivity contribution in [3.05, 3.63) is 114 Å². The molecule has 0 N–H and O–H groups in total.